The lowest BCUT2D eigenvalue weighted by Crippen LogP contribution is -2.28. The summed E-state index contributed by atoms with van der Waals surface area (Å²) in [5.74, 6) is 0.123. The fourth-order valence-electron chi connectivity index (χ4n) is 2.17. The quantitative estimate of drug-likeness (QED) is 0.792. The highest BCUT2D eigenvalue weighted by Gasteiger charge is 2.26. The predicted octanol–water partition coefficient (Wildman–Crippen LogP) is 0.538. The molecule has 0 bridgehead atoms. The van der Waals surface area contributed by atoms with Gasteiger partial charge in [-0.3, -0.25) is 9.09 Å². The molecule has 0 radical (unpaired) electrons. The Hall–Kier alpha value is -1.11. The molecule has 2 heterocycles. The maximum absolute atomic E-state index is 11.7. The molecular weight excluding hydrogens is 244 g/mol. The summed E-state index contributed by atoms with van der Waals surface area (Å²) in [5, 5.41) is 3.70. The number of hydrogen-bond donors (Lipinski definition) is 0. The molecule has 1 aliphatic heterocycles. The summed E-state index contributed by atoms with van der Waals surface area (Å²) in [5.41, 5.74) is 0. The molecule has 1 aromatic heterocycles. The summed E-state index contributed by atoms with van der Waals surface area (Å²) in [7, 11) is -3.10. The van der Waals surface area contributed by atoms with Gasteiger partial charge < -0.3 is 0 Å². The van der Waals surface area contributed by atoms with Gasteiger partial charge in [0.25, 0.3) is 0 Å². The molecule has 17 heavy (non-hydrogen) atoms. The van der Waals surface area contributed by atoms with E-state index in [9.17, 15) is 13.2 Å². The smallest absolute Gasteiger partial charge is 0.296 e. The normalized spacial score (nSPS) is 20.9. The van der Waals surface area contributed by atoms with E-state index < -0.39 is 15.6 Å². The van der Waals surface area contributed by atoms with Crippen LogP contribution < -0.4 is 5.76 Å². The number of hydrogen-bond acceptors (Lipinski definition) is 5. The average molecular weight is 260 g/mol. The summed E-state index contributed by atoms with van der Waals surface area (Å²) < 4.78 is 29.3. The first-order valence-corrected chi connectivity index (χ1v) is 7.63. The van der Waals surface area contributed by atoms with Crippen LogP contribution in [-0.4, -0.2) is 29.6 Å². The van der Waals surface area contributed by atoms with Crippen molar-refractivity contribution in [3.63, 3.8) is 0 Å². The van der Waals surface area contributed by atoms with Crippen LogP contribution in [0.1, 0.15) is 38.1 Å². The van der Waals surface area contributed by atoms with E-state index in [2.05, 4.69) is 9.68 Å². The van der Waals surface area contributed by atoms with Gasteiger partial charge in [0.1, 0.15) is 0 Å². The molecule has 7 heteroatoms. The van der Waals surface area contributed by atoms with E-state index in [-0.39, 0.29) is 17.5 Å². The third-order valence-corrected chi connectivity index (χ3v) is 4.92. The van der Waals surface area contributed by atoms with Crippen LogP contribution in [0.3, 0.4) is 0 Å². The van der Waals surface area contributed by atoms with Gasteiger partial charge in [0, 0.05) is 12.2 Å². The maximum Gasteiger partial charge on any atom is 0.441 e. The zero-order valence-electron chi connectivity index (χ0n) is 9.76. The van der Waals surface area contributed by atoms with E-state index in [0.29, 0.717) is 18.7 Å². The Kier molecular flexibility index (Phi) is 3.37. The Labute approximate surface area is 99.5 Å². The number of sulfone groups is 1. The first-order valence-electron chi connectivity index (χ1n) is 5.81. The highest BCUT2D eigenvalue weighted by molar-refractivity contribution is 7.91. The molecule has 0 aromatic carbocycles. The largest absolute Gasteiger partial charge is 0.441 e. The first kappa shape index (κ1) is 12.3. The lowest BCUT2D eigenvalue weighted by molar-refractivity contribution is 0.358. The highest BCUT2D eigenvalue weighted by Crippen LogP contribution is 2.22. The molecule has 0 spiro atoms. The number of fused-ring (bicyclic) bond motifs is 1. The fraction of sp³-hybridized carbons (Fsp3) is 0.800. The molecule has 2 rings (SSSR count). The van der Waals surface area contributed by atoms with Gasteiger partial charge in [0.05, 0.1) is 11.8 Å². The van der Waals surface area contributed by atoms with E-state index in [1.807, 2.05) is 0 Å². The van der Waals surface area contributed by atoms with Crippen molar-refractivity contribution in [2.24, 2.45) is 0 Å². The van der Waals surface area contributed by atoms with Gasteiger partial charge in [-0.15, -0.1) is 0 Å². The molecule has 0 fully saturated rings. The molecule has 0 N–H and O–H groups in total. The standard InChI is InChI=1S/C10H16N2O4S/c1-2-17(14,15)7-8-5-3-4-6-9-11-16-10(13)12(8)9/h8H,2-7H2,1H3. The maximum atomic E-state index is 11.7. The van der Waals surface area contributed by atoms with Crippen LogP contribution in [0.2, 0.25) is 0 Å². The monoisotopic (exact) mass is 260 g/mol. The lowest BCUT2D eigenvalue weighted by atomic mass is 10.1. The SMILES string of the molecule is CCS(=O)(=O)CC1CCCCc2noc(=O)n21. The van der Waals surface area contributed by atoms with E-state index in [4.69, 9.17) is 0 Å². The predicted molar refractivity (Wildman–Crippen MR) is 61.7 cm³/mol. The van der Waals surface area contributed by atoms with Crippen molar-refractivity contribution >= 4 is 9.84 Å². The van der Waals surface area contributed by atoms with Crippen LogP contribution >= 0.6 is 0 Å². The highest BCUT2D eigenvalue weighted by atomic mass is 32.2. The minimum absolute atomic E-state index is 0.00236. The Bertz CT molecular complexity index is 543. The van der Waals surface area contributed by atoms with Gasteiger partial charge in [0.2, 0.25) is 0 Å². The van der Waals surface area contributed by atoms with Crippen molar-refractivity contribution in [1.29, 1.82) is 0 Å². The van der Waals surface area contributed by atoms with Crippen LogP contribution in [0.25, 0.3) is 0 Å². The van der Waals surface area contributed by atoms with E-state index in [0.717, 1.165) is 12.8 Å². The zero-order chi connectivity index (χ0) is 12.5. The summed E-state index contributed by atoms with van der Waals surface area (Å²) in [6, 6.07) is -0.323. The van der Waals surface area contributed by atoms with E-state index in [1.165, 1.54) is 4.57 Å². The number of aromatic nitrogens is 2. The van der Waals surface area contributed by atoms with Crippen LogP contribution in [0, 0.1) is 0 Å². The Morgan fingerprint density at radius 3 is 2.94 bits per heavy atom. The van der Waals surface area contributed by atoms with Crippen molar-refractivity contribution in [3.8, 4) is 0 Å². The van der Waals surface area contributed by atoms with E-state index in [1.54, 1.807) is 6.92 Å². The molecule has 1 aliphatic rings. The Balaban J connectivity index is 2.35. The van der Waals surface area contributed by atoms with E-state index >= 15 is 0 Å². The van der Waals surface area contributed by atoms with Crippen LogP contribution in [0.15, 0.2) is 9.32 Å². The molecule has 1 aromatic rings. The molecule has 1 unspecified atom stereocenters. The molecular formula is C10H16N2O4S. The Morgan fingerprint density at radius 1 is 1.47 bits per heavy atom. The van der Waals surface area contributed by atoms with Crippen LogP contribution in [-0.2, 0) is 16.3 Å². The van der Waals surface area contributed by atoms with Crippen LogP contribution in [0.5, 0.6) is 0 Å². The topological polar surface area (TPSA) is 82.2 Å². The number of rotatable bonds is 3. The van der Waals surface area contributed by atoms with Gasteiger partial charge in [-0.1, -0.05) is 18.5 Å². The summed E-state index contributed by atoms with van der Waals surface area (Å²) >= 11 is 0. The second-order valence-corrected chi connectivity index (χ2v) is 6.73. The minimum Gasteiger partial charge on any atom is -0.296 e. The number of nitrogens with zero attached hydrogens (tertiary/aromatic N) is 2. The summed E-state index contributed by atoms with van der Waals surface area (Å²) in [6.07, 6.45) is 3.18. The molecule has 0 saturated carbocycles. The molecule has 0 amide bonds. The summed E-state index contributed by atoms with van der Waals surface area (Å²) in [4.78, 5) is 11.5. The Morgan fingerprint density at radius 2 is 2.24 bits per heavy atom. The van der Waals surface area contributed by atoms with Gasteiger partial charge in [-0.05, 0) is 12.8 Å². The third-order valence-electron chi connectivity index (χ3n) is 3.14. The van der Waals surface area contributed by atoms with Gasteiger partial charge in [-0.25, -0.2) is 13.2 Å². The second-order valence-electron chi connectivity index (χ2n) is 4.33. The van der Waals surface area contributed by atoms with Gasteiger partial charge in [0.15, 0.2) is 15.7 Å². The fourth-order valence-corrected chi connectivity index (χ4v) is 3.31. The molecule has 6 nitrogen and oxygen atoms in total. The van der Waals surface area contributed by atoms with Crippen LogP contribution in [0.4, 0.5) is 0 Å². The lowest BCUT2D eigenvalue weighted by Gasteiger charge is -2.15. The average Bonchev–Trinajstić information content (AvgIpc) is 2.53. The van der Waals surface area contributed by atoms with Crippen molar-refractivity contribution in [2.45, 2.75) is 38.6 Å². The van der Waals surface area contributed by atoms with Crippen molar-refractivity contribution in [2.75, 3.05) is 11.5 Å². The van der Waals surface area contributed by atoms with Gasteiger partial charge in [-0.2, -0.15) is 0 Å². The molecule has 0 saturated heterocycles. The van der Waals surface area contributed by atoms with Crippen molar-refractivity contribution in [3.05, 3.63) is 16.4 Å². The minimum atomic E-state index is -3.10. The molecule has 96 valence electrons. The number of aryl methyl sites for hydroxylation is 1. The van der Waals surface area contributed by atoms with Crippen molar-refractivity contribution in [1.82, 2.24) is 9.72 Å². The molecule has 1 atom stereocenters. The van der Waals surface area contributed by atoms with Crippen molar-refractivity contribution < 1.29 is 12.9 Å². The van der Waals surface area contributed by atoms with Gasteiger partial charge >= 0.3 is 5.76 Å². The zero-order valence-corrected chi connectivity index (χ0v) is 10.6. The second kappa shape index (κ2) is 4.64. The summed E-state index contributed by atoms with van der Waals surface area (Å²) in [6.45, 7) is 1.61. The first-order chi connectivity index (χ1) is 8.03. The third kappa shape index (κ3) is 2.59. The molecule has 0 aliphatic carbocycles.